The Morgan fingerprint density at radius 3 is 2.25 bits per heavy atom. The molecule has 3 nitrogen and oxygen atoms in total. The summed E-state index contributed by atoms with van der Waals surface area (Å²) in [5.74, 6) is -2.28. The summed E-state index contributed by atoms with van der Waals surface area (Å²) < 4.78 is 90.7. The summed E-state index contributed by atoms with van der Waals surface area (Å²) in [7, 11) is -3.40. The van der Waals surface area contributed by atoms with Crippen LogP contribution < -0.4 is 0 Å². The van der Waals surface area contributed by atoms with Crippen molar-refractivity contribution in [3.63, 3.8) is 0 Å². The molecule has 0 amide bonds. The maximum Gasteiger partial charge on any atom is 0.416 e. The second kappa shape index (κ2) is 6.48. The summed E-state index contributed by atoms with van der Waals surface area (Å²) in [6, 6.07) is 6.36. The molecule has 0 saturated carbocycles. The molecule has 0 aliphatic heterocycles. The molecule has 0 saturated heterocycles. The van der Waals surface area contributed by atoms with Gasteiger partial charge < -0.3 is 0 Å². The average Bonchev–Trinajstić information content (AvgIpc) is 2.46. The molecule has 24 heavy (non-hydrogen) atoms. The predicted molar refractivity (Wildman–Crippen MR) is 76.5 cm³/mol. The highest BCUT2D eigenvalue weighted by Gasteiger charge is 2.34. The van der Waals surface area contributed by atoms with Gasteiger partial charge in [0.05, 0.1) is 5.56 Å². The van der Waals surface area contributed by atoms with Gasteiger partial charge in [0.1, 0.15) is 16.5 Å². The minimum atomic E-state index is -4.65. The third kappa shape index (κ3) is 3.73. The summed E-state index contributed by atoms with van der Waals surface area (Å²) in [5, 5.41) is 0. The van der Waals surface area contributed by atoms with E-state index in [1.165, 1.54) is 12.1 Å². The lowest BCUT2D eigenvalue weighted by Gasteiger charge is -2.20. The molecule has 0 N–H and O–H groups in total. The van der Waals surface area contributed by atoms with E-state index < -0.39 is 44.8 Å². The maximum atomic E-state index is 13.7. The third-order valence-corrected chi connectivity index (χ3v) is 5.13. The molecule has 0 aliphatic rings. The summed E-state index contributed by atoms with van der Waals surface area (Å²) >= 11 is 0. The van der Waals surface area contributed by atoms with E-state index in [2.05, 4.69) is 0 Å². The molecule has 0 atom stereocenters. The number of hydrogen-bond acceptors (Lipinski definition) is 2. The molecule has 0 fully saturated rings. The van der Waals surface area contributed by atoms with Crippen LogP contribution in [0.15, 0.2) is 47.4 Å². The molecule has 0 unspecified atom stereocenters. The van der Waals surface area contributed by atoms with Crippen molar-refractivity contribution >= 4 is 10.0 Å². The predicted octanol–water partition coefficient (Wildman–Crippen LogP) is 3.80. The van der Waals surface area contributed by atoms with Gasteiger partial charge in [-0.25, -0.2) is 17.2 Å². The first-order valence-electron chi connectivity index (χ1n) is 6.60. The van der Waals surface area contributed by atoms with Gasteiger partial charge in [0.25, 0.3) is 0 Å². The zero-order valence-electron chi connectivity index (χ0n) is 12.3. The van der Waals surface area contributed by atoms with Crippen molar-refractivity contribution < 1.29 is 30.4 Å². The van der Waals surface area contributed by atoms with Crippen LogP contribution in [0.3, 0.4) is 0 Å². The van der Waals surface area contributed by atoms with Gasteiger partial charge in [0, 0.05) is 19.7 Å². The van der Waals surface area contributed by atoms with Crippen molar-refractivity contribution in [1.82, 2.24) is 4.31 Å². The highest BCUT2D eigenvalue weighted by atomic mass is 32.2. The van der Waals surface area contributed by atoms with E-state index in [-0.39, 0.29) is 5.56 Å². The van der Waals surface area contributed by atoms with Crippen LogP contribution in [0.4, 0.5) is 22.0 Å². The molecule has 2 aromatic carbocycles. The zero-order chi connectivity index (χ0) is 18.1. The van der Waals surface area contributed by atoms with E-state index in [9.17, 15) is 30.4 Å². The fraction of sp³-hybridized carbons (Fsp3) is 0.200. The normalized spacial score (nSPS) is 12.6. The molecule has 0 radical (unpaired) electrons. The Morgan fingerprint density at radius 1 is 1.04 bits per heavy atom. The highest BCUT2D eigenvalue weighted by Crippen LogP contribution is 2.33. The van der Waals surface area contributed by atoms with Gasteiger partial charge in [-0.3, -0.25) is 0 Å². The second-order valence-corrected chi connectivity index (χ2v) is 7.00. The van der Waals surface area contributed by atoms with Gasteiger partial charge in [-0.15, -0.1) is 0 Å². The van der Waals surface area contributed by atoms with Crippen LogP contribution in [-0.4, -0.2) is 19.8 Å². The van der Waals surface area contributed by atoms with E-state index in [4.69, 9.17) is 0 Å². The number of sulfonamides is 1. The van der Waals surface area contributed by atoms with Crippen molar-refractivity contribution in [3.8, 4) is 0 Å². The first-order valence-corrected chi connectivity index (χ1v) is 8.04. The van der Waals surface area contributed by atoms with Crippen LogP contribution in [0.1, 0.15) is 11.1 Å². The summed E-state index contributed by atoms with van der Waals surface area (Å²) in [6.45, 7) is -0.616. The van der Waals surface area contributed by atoms with Crippen LogP contribution >= 0.6 is 0 Å². The van der Waals surface area contributed by atoms with Gasteiger partial charge in [0.2, 0.25) is 10.0 Å². The topological polar surface area (TPSA) is 37.4 Å². The van der Waals surface area contributed by atoms with E-state index in [0.717, 1.165) is 31.3 Å². The summed E-state index contributed by atoms with van der Waals surface area (Å²) in [5.41, 5.74) is -1.26. The highest BCUT2D eigenvalue weighted by molar-refractivity contribution is 7.89. The van der Waals surface area contributed by atoms with E-state index in [1.54, 1.807) is 0 Å². The van der Waals surface area contributed by atoms with Crippen molar-refractivity contribution in [2.75, 3.05) is 7.05 Å². The van der Waals surface area contributed by atoms with Gasteiger partial charge in [-0.2, -0.15) is 17.5 Å². The molecule has 9 heteroatoms. The molecular formula is C15H12F5NO2S. The lowest BCUT2D eigenvalue weighted by Crippen LogP contribution is -2.28. The Bertz CT molecular complexity index is 849. The Labute approximate surface area is 135 Å². The first kappa shape index (κ1) is 18.3. The largest absolute Gasteiger partial charge is 0.416 e. The number of rotatable bonds is 4. The van der Waals surface area contributed by atoms with E-state index >= 15 is 0 Å². The van der Waals surface area contributed by atoms with Gasteiger partial charge in [0.15, 0.2) is 0 Å². The van der Waals surface area contributed by atoms with Crippen LogP contribution in [-0.2, 0) is 22.7 Å². The lowest BCUT2D eigenvalue weighted by molar-refractivity contribution is -0.138. The number of benzene rings is 2. The van der Waals surface area contributed by atoms with Crippen LogP contribution in [0.5, 0.6) is 0 Å². The quantitative estimate of drug-likeness (QED) is 0.773. The molecule has 0 spiro atoms. The van der Waals surface area contributed by atoms with Gasteiger partial charge >= 0.3 is 6.18 Å². The Balaban J connectivity index is 2.38. The standard InChI is InChI=1S/C15H12F5NO2S/c1-21(9-10-4-2-3-5-12(10)15(18,19)20)24(22,23)14-7-6-11(16)8-13(14)17/h2-8H,9H2,1H3. The van der Waals surface area contributed by atoms with Crippen LogP contribution in [0.2, 0.25) is 0 Å². The molecule has 0 aliphatic carbocycles. The van der Waals surface area contributed by atoms with Gasteiger partial charge in [-0.05, 0) is 23.8 Å². The van der Waals surface area contributed by atoms with Crippen molar-refractivity contribution in [2.24, 2.45) is 0 Å². The van der Waals surface area contributed by atoms with Crippen LogP contribution in [0, 0.1) is 11.6 Å². The second-order valence-electron chi connectivity index (χ2n) is 4.99. The molecule has 0 heterocycles. The fourth-order valence-corrected chi connectivity index (χ4v) is 3.30. The number of hydrogen-bond donors (Lipinski definition) is 0. The number of alkyl halides is 3. The maximum absolute atomic E-state index is 13.7. The van der Waals surface area contributed by atoms with E-state index in [0.29, 0.717) is 10.4 Å². The van der Waals surface area contributed by atoms with E-state index in [1.807, 2.05) is 0 Å². The molecule has 2 rings (SSSR count). The summed E-state index contributed by atoms with van der Waals surface area (Å²) in [6.07, 6.45) is -4.65. The fourth-order valence-electron chi connectivity index (χ4n) is 2.11. The Kier molecular flexibility index (Phi) is 4.95. The van der Waals surface area contributed by atoms with Crippen LogP contribution in [0.25, 0.3) is 0 Å². The Morgan fingerprint density at radius 2 is 1.67 bits per heavy atom. The number of nitrogens with zero attached hydrogens (tertiary/aromatic N) is 1. The molecule has 0 bridgehead atoms. The molecule has 2 aromatic rings. The van der Waals surface area contributed by atoms with Crippen molar-refractivity contribution in [1.29, 1.82) is 0 Å². The lowest BCUT2D eigenvalue weighted by atomic mass is 10.1. The molecular weight excluding hydrogens is 353 g/mol. The number of halogens is 5. The van der Waals surface area contributed by atoms with Crippen molar-refractivity contribution in [2.45, 2.75) is 17.6 Å². The zero-order valence-corrected chi connectivity index (χ0v) is 13.1. The first-order chi connectivity index (χ1) is 11.0. The van der Waals surface area contributed by atoms with Gasteiger partial charge in [-0.1, -0.05) is 18.2 Å². The molecule has 130 valence electrons. The minimum Gasteiger partial charge on any atom is -0.207 e. The summed E-state index contributed by atoms with van der Waals surface area (Å²) in [4.78, 5) is -0.809. The average molecular weight is 365 g/mol. The Hall–Kier alpha value is -2.00. The minimum absolute atomic E-state index is 0.279. The SMILES string of the molecule is CN(Cc1ccccc1C(F)(F)F)S(=O)(=O)c1ccc(F)cc1F. The molecule has 0 aromatic heterocycles. The smallest absolute Gasteiger partial charge is 0.207 e. The monoisotopic (exact) mass is 365 g/mol. The van der Waals surface area contributed by atoms with Crippen molar-refractivity contribution in [3.05, 3.63) is 65.2 Å². The third-order valence-electron chi connectivity index (χ3n) is 3.30.